The molecule has 0 atom stereocenters. The summed E-state index contributed by atoms with van der Waals surface area (Å²) in [6.07, 6.45) is 2.95. The van der Waals surface area contributed by atoms with Gasteiger partial charge in [-0.05, 0) is 18.6 Å². The molecule has 0 aliphatic heterocycles. The number of benzene rings is 1. The molecular weight excluding hydrogens is 306 g/mol. The van der Waals surface area contributed by atoms with Gasteiger partial charge in [0.1, 0.15) is 5.01 Å². The Bertz CT molecular complexity index is 656. The van der Waals surface area contributed by atoms with Crippen molar-refractivity contribution in [3.63, 3.8) is 0 Å². The van der Waals surface area contributed by atoms with E-state index in [-0.39, 0.29) is 5.69 Å². The number of nitro groups is 1. The van der Waals surface area contributed by atoms with Crippen LogP contribution in [0.15, 0.2) is 24.3 Å². The number of unbranched alkanes of at least 4 members (excludes halogenated alkanes) is 1. The lowest BCUT2D eigenvalue weighted by molar-refractivity contribution is -0.384. The highest BCUT2D eigenvalue weighted by atomic mass is 32.1. The number of carbonyl (C=O) groups excluding carboxylic acids is 1. The third kappa shape index (κ3) is 4.48. The van der Waals surface area contributed by atoms with E-state index in [0.29, 0.717) is 10.8 Å². The molecule has 0 bridgehead atoms. The van der Waals surface area contributed by atoms with Crippen molar-refractivity contribution in [3.05, 3.63) is 39.4 Å². The quantitative estimate of drug-likeness (QED) is 0.625. The molecule has 22 heavy (non-hydrogen) atoms. The van der Waals surface area contributed by atoms with Crippen LogP contribution in [0.2, 0.25) is 0 Å². The molecule has 0 saturated heterocycles. The molecule has 2 aromatic rings. The zero-order chi connectivity index (χ0) is 15.9. The number of nitrogens with one attached hydrogen (secondary N) is 2. The summed E-state index contributed by atoms with van der Waals surface area (Å²) in [5.74, 6) is 0. The standard InChI is InChI=1S/C13H15N5O3S/c1-2-3-4-11-16-17-13(22-11)15-12(19)14-9-5-7-10(8-6-9)18(20)21/h5-8H,2-4H2,1H3,(H2,14,15,17,19). The number of nitrogens with zero attached hydrogens (tertiary/aromatic N) is 3. The summed E-state index contributed by atoms with van der Waals surface area (Å²) in [7, 11) is 0. The Hall–Kier alpha value is -2.55. The van der Waals surface area contributed by atoms with E-state index in [2.05, 4.69) is 27.8 Å². The second-order valence-electron chi connectivity index (χ2n) is 4.49. The number of non-ortho nitro benzene ring substituents is 1. The summed E-state index contributed by atoms with van der Waals surface area (Å²) in [5.41, 5.74) is 0.425. The van der Waals surface area contributed by atoms with Crippen molar-refractivity contribution in [2.45, 2.75) is 26.2 Å². The van der Waals surface area contributed by atoms with Gasteiger partial charge in [0.15, 0.2) is 0 Å². The number of aromatic nitrogens is 2. The maximum atomic E-state index is 11.8. The van der Waals surface area contributed by atoms with Crippen LogP contribution in [-0.4, -0.2) is 21.2 Å². The minimum Gasteiger partial charge on any atom is -0.308 e. The second kappa shape index (κ2) is 7.46. The van der Waals surface area contributed by atoms with Gasteiger partial charge < -0.3 is 5.32 Å². The van der Waals surface area contributed by atoms with Crippen molar-refractivity contribution < 1.29 is 9.72 Å². The summed E-state index contributed by atoms with van der Waals surface area (Å²) < 4.78 is 0. The number of anilines is 2. The first-order valence-electron chi connectivity index (χ1n) is 6.73. The third-order valence-electron chi connectivity index (χ3n) is 2.77. The topological polar surface area (TPSA) is 110 Å². The molecule has 116 valence electrons. The summed E-state index contributed by atoms with van der Waals surface area (Å²) in [5, 5.41) is 24.9. The van der Waals surface area contributed by atoms with Gasteiger partial charge in [-0.2, -0.15) is 0 Å². The Kier molecular flexibility index (Phi) is 5.37. The fourth-order valence-corrected chi connectivity index (χ4v) is 2.44. The monoisotopic (exact) mass is 321 g/mol. The van der Waals surface area contributed by atoms with Gasteiger partial charge in [-0.25, -0.2) is 4.79 Å². The zero-order valence-electron chi connectivity index (χ0n) is 11.9. The van der Waals surface area contributed by atoms with E-state index in [1.54, 1.807) is 0 Å². The highest BCUT2D eigenvalue weighted by Gasteiger charge is 2.09. The van der Waals surface area contributed by atoms with Crippen LogP contribution < -0.4 is 10.6 Å². The van der Waals surface area contributed by atoms with Crippen LogP contribution in [0.5, 0.6) is 0 Å². The van der Waals surface area contributed by atoms with Gasteiger partial charge in [0.25, 0.3) is 5.69 Å². The number of urea groups is 1. The minimum atomic E-state index is -0.497. The molecule has 0 aliphatic carbocycles. The number of amides is 2. The van der Waals surface area contributed by atoms with Crippen LogP contribution >= 0.6 is 11.3 Å². The summed E-state index contributed by atoms with van der Waals surface area (Å²) in [6, 6.07) is 5.11. The molecule has 1 aromatic carbocycles. The van der Waals surface area contributed by atoms with E-state index >= 15 is 0 Å². The summed E-state index contributed by atoms with van der Waals surface area (Å²) in [4.78, 5) is 21.9. The molecule has 1 aromatic heterocycles. The Morgan fingerprint density at radius 1 is 1.27 bits per heavy atom. The normalized spacial score (nSPS) is 10.2. The molecule has 8 nitrogen and oxygen atoms in total. The number of hydrogen-bond acceptors (Lipinski definition) is 6. The van der Waals surface area contributed by atoms with Crippen LogP contribution in [-0.2, 0) is 6.42 Å². The van der Waals surface area contributed by atoms with Crippen LogP contribution in [0.25, 0.3) is 0 Å². The molecule has 2 rings (SSSR count). The summed E-state index contributed by atoms with van der Waals surface area (Å²) in [6.45, 7) is 2.10. The van der Waals surface area contributed by atoms with Crippen LogP contribution in [0.1, 0.15) is 24.8 Å². The maximum absolute atomic E-state index is 11.8. The van der Waals surface area contributed by atoms with Gasteiger partial charge >= 0.3 is 6.03 Å². The van der Waals surface area contributed by atoms with Crippen molar-refractivity contribution in [1.29, 1.82) is 0 Å². The van der Waals surface area contributed by atoms with Crippen molar-refractivity contribution in [2.24, 2.45) is 0 Å². The van der Waals surface area contributed by atoms with Gasteiger partial charge in [-0.1, -0.05) is 24.7 Å². The Labute approximate surface area is 130 Å². The molecule has 0 unspecified atom stereocenters. The van der Waals surface area contributed by atoms with Gasteiger partial charge in [0, 0.05) is 24.2 Å². The molecule has 2 amide bonds. The first-order valence-corrected chi connectivity index (χ1v) is 7.55. The molecule has 0 spiro atoms. The number of nitro benzene ring substituents is 1. The number of aryl methyl sites for hydroxylation is 1. The second-order valence-corrected chi connectivity index (χ2v) is 5.55. The van der Waals surface area contributed by atoms with E-state index in [0.717, 1.165) is 24.3 Å². The van der Waals surface area contributed by atoms with Gasteiger partial charge in [-0.3, -0.25) is 15.4 Å². The lowest BCUT2D eigenvalue weighted by Gasteiger charge is -2.04. The minimum absolute atomic E-state index is 0.0318. The molecule has 0 fully saturated rings. The van der Waals surface area contributed by atoms with E-state index in [1.165, 1.54) is 35.6 Å². The molecule has 0 saturated carbocycles. The molecule has 0 aliphatic rings. The lowest BCUT2D eigenvalue weighted by atomic mass is 10.3. The van der Waals surface area contributed by atoms with E-state index in [4.69, 9.17) is 0 Å². The number of rotatable bonds is 6. The number of carbonyl (C=O) groups is 1. The van der Waals surface area contributed by atoms with Gasteiger partial charge in [-0.15, -0.1) is 10.2 Å². The Balaban J connectivity index is 1.89. The predicted octanol–water partition coefficient (Wildman–Crippen LogP) is 3.43. The average molecular weight is 321 g/mol. The van der Waals surface area contributed by atoms with Crippen molar-refractivity contribution in [3.8, 4) is 0 Å². The fourth-order valence-electron chi connectivity index (χ4n) is 1.66. The Morgan fingerprint density at radius 2 is 2.00 bits per heavy atom. The fraction of sp³-hybridized carbons (Fsp3) is 0.308. The van der Waals surface area contributed by atoms with Crippen molar-refractivity contribution in [2.75, 3.05) is 10.6 Å². The number of hydrogen-bond donors (Lipinski definition) is 2. The first kappa shape index (κ1) is 15.8. The highest BCUT2D eigenvalue weighted by molar-refractivity contribution is 7.15. The smallest absolute Gasteiger partial charge is 0.308 e. The summed E-state index contributed by atoms with van der Waals surface area (Å²) >= 11 is 1.33. The van der Waals surface area contributed by atoms with E-state index in [1.807, 2.05) is 0 Å². The van der Waals surface area contributed by atoms with Crippen LogP contribution in [0.4, 0.5) is 21.3 Å². The molecular formula is C13H15N5O3S. The van der Waals surface area contributed by atoms with E-state index in [9.17, 15) is 14.9 Å². The first-order chi connectivity index (χ1) is 10.6. The predicted molar refractivity (Wildman–Crippen MR) is 84.3 cm³/mol. The molecule has 2 N–H and O–H groups in total. The van der Waals surface area contributed by atoms with Crippen molar-refractivity contribution >= 4 is 33.9 Å². The lowest BCUT2D eigenvalue weighted by Crippen LogP contribution is -2.19. The van der Waals surface area contributed by atoms with E-state index < -0.39 is 11.0 Å². The molecule has 0 radical (unpaired) electrons. The third-order valence-corrected chi connectivity index (χ3v) is 3.67. The van der Waals surface area contributed by atoms with Gasteiger partial charge in [0.05, 0.1) is 4.92 Å². The molecule has 1 heterocycles. The van der Waals surface area contributed by atoms with Crippen molar-refractivity contribution in [1.82, 2.24) is 10.2 Å². The van der Waals surface area contributed by atoms with Crippen LogP contribution in [0, 0.1) is 10.1 Å². The van der Waals surface area contributed by atoms with Crippen LogP contribution in [0.3, 0.4) is 0 Å². The maximum Gasteiger partial charge on any atom is 0.325 e. The SMILES string of the molecule is CCCCc1nnc(NC(=O)Nc2ccc([N+](=O)[O-])cc2)s1. The largest absolute Gasteiger partial charge is 0.325 e. The van der Waals surface area contributed by atoms with Gasteiger partial charge in [0.2, 0.25) is 5.13 Å². The zero-order valence-corrected chi connectivity index (χ0v) is 12.7. The average Bonchev–Trinajstić information content (AvgIpc) is 2.93. The molecule has 9 heteroatoms. The Morgan fingerprint density at radius 3 is 2.64 bits per heavy atom. The highest BCUT2D eigenvalue weighted by Crippen LogP contribution is 2.18.